The lowest BCUT2D eigenvalue weighted by Gasteiger charge is -2.38. The Bertz CT molecular complexity index is 698. The van der Waals surface area contributed by atoms with Gasteiger partial charge in [-0.05, 0) is 56.8 Å². The highest BCUT2D eigenvalue weighted by atomic mass is 16.3. The largest absolute Gasteiger partial charge is 0.395 e. The number of rotatable bonds is 9. The average molecular weight is 354 g/mol. The van der Waals surface area contributed by atoms with E-state index in [1.807, 2.05) is 73.4 Å². The number of ketones is 1. The molecule has 1 unspecified atom stereocenters. The maximum Gasteiger partial charge on any atom is 0.183 e. The lowest BCUT2D eigenvalue weighted by Crippen LogP contribution is -2.52. The molecule has 0 fully saturated rings. The minimum Gasteiger partial charge on any atom is -0.395 e. The third-order valence-corrected chi connectivity index (χ3v) is 5.21. The van der Waals surface area contributed by atoms with E-state index in [2.05, 4.69) is 19.1 Å². The highest BCUT2D eigenvalue weighted by Crippen LogP contribution is 2.28. The number of aliphatic hydroxyl groups excluding tert-OH is 1. The molecule has 0 spiro atoms. The van der Waals surface area contributed by atoms with Gasteiger partial charge in [0.05, 0.1) is 12.1 Å². The third kappa shape index (κ3) is 4.32. The van der Waals surface area contributed by atoms with Gasteiger partial charge in [0.25, 0.3) is 0 Å². The maximum absolute atomic E-state index is 13.5. The molecule has 140 valence electrons. The van der Waals surface area contributed by atoms with E-state index in [9.17, 15) is 4.79 Å². The van der Waals surface area contributed by atoms with E-state index in [4.69, 9.17) is 5.11 Å². The van der Waals surface area contributed by atoms with Crippen LogP contribution in [0.5, 0.6) is 0 Å². The van der Waals surface area contributed by atoms with Crippen LogP contribution in [0, 0.1) is 0 Å². The van der Waals surface area contributed by atoms with E-state index in [1.54, 1.807) is 0 Å². The quantitative estimate of drug-likeness (QED) is 0.702. The Hall–Kier alpha value is -2.17. The van der Waals surface area contributed by atoms with Crippen molar-refractivity contribution in [2.24, 2.45) is 0 Å². The number of likely N-dealkylation sites (N-methyl/N-ethyl adjacent to an activating group) is 2. The number of Topliss-reactive ketones (excluding diaryl/α,β-unsaturated/α-hetero) is 1. The fourth-order valence-electron chi connectivity index (χ4n) is 3.39. The second-order valence-electron chi connectivity index (χ2n) is 6.96. The highest BCUT2D eigenvalue weighted by Gasteiger charge is 2.39. The van der Waals surface area contributed by atoms with Crippen LogP contribution < -0.4 is 4.90 Å². The molecule has 0 heterocycles. The highest BCUT2D eigenvalue weighted by molar-refractivity contribution is 6.03. The first-order valence-electron chi connectivity index (χ1n) is 9.13. The summed E-state index contributed by atoms with van der Waals surface area (Å²) in [7, 11) is 5.89. The summed E-state index contributed by atoms with van der Waals surface area (Å²) < 4.78 is 0. The number of carbonyl (C=O) groups is 1. The van der Waals surface area contributed by atoms with Gasteiger partial charge in [0, 0.05) is 24.8 Å². The molecule has 0 aromatic heterocycles. The number of carbonyl (C=O) groups excluding carboxylic acids is 1. The van der Waals surface area contributed by atoms with Crippen LogP contribution in [0.4, 0.5) is 5.69 Å². The topological polar surface area (TPSA) is 43.8 Å². The van der Waals surface area contributed by atoms with Gasteiger partial charge in [0.1, 0.15) is 0 Å². The van der Waals surface area contributed by atoms with Gasteiger partial charge in [-0.3, -0.25) is 9.69 Å². The molecular formula is C22H30N2O2. The number of nitrogens with zero attached hydrogens (tertiary/aromatic N) is 2. The summed E-state index contributed by atoms with van der Waals surface area (Å²) in [4.78, 5) is 17.5. The van der Waals surface area contributed by atoms with E-state index in [-0.39, 0.29) is 12.4 Å². The molecule has 4 heteroatoms. The number of benzene rings is 2. The van der Waals surface area contributed by atoms with Gasteiger partial charge in [0.2, 0.25) is 0 Å². The Kier molecular flexibility index (Phi) is 6.95. The summed E-state index contributed by atoms with van der Waals surface area (Å²) >= 11 is 0. The minimum absolute atomic E-state index is 0.105. The molecule has 4 nitrogen and oxygen atoms in total. The third-order valence-electron chi connectivity index (χ3n) is 5.21. The van der Waals surface area contributed by atoms with Gasteiger partial charge < -0.3 is 10.0 Å². The molecule has 1 atom stereocenters. The lowest BCUT2D eigenvalue weighted by atomic mass is 9.80. The smallest absolute Gasteiger partial charge is 0.183 e. The van der Waals surface area contributed by atoms with Crippen molar-refractivity contribution in [3.05, 3.63) is 65.7 Å². The van der Waals surface area contributed by atoms with Crippen molar-refractivity contribution >= 4 is 11.5 Å². The SMILES string of the molecule is CCC(Cc1ccccc1)(C(=O)c1ccc(N(C)CCO)cc1)N(C)C. The molecule has 2 aromatic rings. The van der Waals surface area contributed by atoms with Gasteiger partial charge in [-0.1, -0.05) is 37.3 Å². The van der Waals surface area contributed by atoms with E-state index < -0.39 is 5.54 Å². The first-order chi connectivity index (χ1) is 12.4. The summed E-state index contributed by atoms with van der Waals surface area (Å²) in [6.07, 6.45) is 1.42. The lowest BCUT2D eigenvalue weighted by molar-refractivity contribution is 0.0666. The van der Waals surface area contributed by atoms with Crippen molar-refractivity contribution in [2.75, 3.05) is 39.2 Å². The van der Waals surface area contributed by atoms with Gasteiger partial charge in [0.15, 0.2) is 5.78 Å². The number of hydrogen-bond acceptors (Lipinski definition) is 4. The number of aliphatic hydroxyl groups is 1. The standard InChI is InChI=1S/C22H30N2O2/c1-5-22(23(2)3,17-18-9-7-6-8-10-18)21(26)19-11-13-20(14-12-19)24(4)15-16-25/h6-14,25H,5,15-17H2,1-4H3. The summed E-state index contributed by atoms with van der Waals surface area (Å²) in [6, 6.07) is 17.9. The summed E-state index contributed by atoms with van der Waals surface area (Å²) in [5.74, 6) is 0.144. The Balaban J connectivity index is 2.32. The van der Waals surface area contributed by atoms with Crippen LogP contribution in [0.15, 0.2) is 54.6 Å². The maximum atomic E-state index is 13.5. The number of anilines is 1. The Labute approximate surface area is 157 Å². The molecule has 0 amide bonds. The Morgan fingerprint density at radius 1 is 1.00 bits per heavy atom. The molecule has 0 saturated carbocycles. The zero-order chi connectivity index (χ0) is 19.2. The van der Waals surface area contributed by atoms with E-state index in [0.717, 1.165) is 23.2 Å². The molecule has 2 rings (SSSR count). The predicted octanol–water partition coefficient (Wildman–Crippen LogP) is 3.25. The van der Waals surface area contributed by atoms with Gasteiger partial charge in [-0.25, -0.2) is 0 Å². The fraction of sp³-hybridized carbons (Fsp3) is 0.409. The van der Waals surface area contributed by atoms with Crippen molar-refractivity contribution in [3.8, 4) is 0 Å². The van der Waals surface area contributed by atoms with Crippen molar-refractivity contribution < 1.29 is 9.90 Å². The zero-order valence-corrected chi connectivity index (χ0v) is 16.3. The van der Waals surface area contributed by atoms with E-state index >= 15 is 0 Å². The molecule has 0 radical (unpaired) electrons. The molecule has 2 aromatic carbocycles. The van der Waals surface area contributed by atoms with Gasteiger partial charge >= 0.3 is 0 Å². The predicted molar refractivity (Wildman–Crippen MR) is 108 cm³/mol. The van der Waals surface area contributed by atoms with Crippen molar-refractivity contribution in [3.63, 3.8) is 0 Å². The first-order valence-corrected chi connectivity index (χ1v) is 9.13. The first kappa shape index (κ1) is 20.1. The molecule has 0 saturated heterocycles. The van der Waals surface area contributed by atoms with Crippen LogP contribution in [0.25, 0.3) is 0 Å². The van der Waals surface area contributed by atoms with E-state index in [0.29, 0.717) is 13.0 Å². The van der Waals surface area contributed by atoms with E-state index in [1.165, 1.54) is 0 Å². The minimum atomic E-state index is -0.570. The molecule has 0 aliphatic rings. The van der Waals surface area contributed by atoms with Gasteiger partial charge in [-0.2, -0.15) is 0 Å². The molecular weight excluding hydrogens is 324 g/mol. The number of hydrogen-bond donors (Lipinski definition) is 1. The van der Waals surface area contributed by atoms with Crippen molar-refractivity contribution in [2.45, 2.75) is 25.3 Å². The monoisotopic (exact) mass is 354 g/mol. The molecule has 1 N–H and O–H groups in total. The summed E-state index contributed by atoms with van der Waals surface area (Å²) in [6.45, 7) is 2.75. The second kappa shape index (κ2) is 8.97. The van der Waals surface area contributed by atoms with Crippen LogP contribution >= 0.6 is 0 Å². The van der Waals surface area contributed by atoms with Crippen molar-refractivity contribution in [1.82, 2.24) is 4.90 Å². The average Bonchev–Trinajstić information content (AvgIpc) is 2.66. The molecule has 0 bridgehead atoms. The normalized spacial score (nSPS) is 13.5. The Morgan fingerprint density at radius 2 is 1.62 bits per heavy atom. The van der Waals surface area contributed by atoms with Crippen LogP contribution in [-0.4, -0.2) is 55.6 Å². The van der Waals surface area contributed by atoms with Crippen LogP contribution in [0.2, 0.25) is 0 Å². The second-order valence-corrected chi connectivity index (χ2v) is 6.96. The zero-order valence-electron chi connectivity index (χ0n) is 16.3. The Morgan fingerprint density at radius 3 is 2.12 bits per heavy atom. The fourth-order valence-corrected chi connectivity index (χ4v) is 3.39. The van der Waals surface area contributed by atoms with Crippen LogP contribution in [0.1, 0.15) is 29.3 Å². The summed E-state index contributed by atoms with van der Waals surface area (Å²) in [5.41, 5.74) is 2.30. The summed E-state index contributed by atoms with van der Waals surface area (Å²) in [5, 5.41) is 9.08. The van der Waals surface area contributed by atoms with Crippen molar-refractivity contribution in [1.29, 1.82) is 0 Å². The van der Waals surface area contributed by atoms with Crippen LogP contribution in [-0.2, 0) is 6.42 Å². The molecule has 0 aliphatic carbocycles. The van der Waals surface area contributed by atoms with Gasteiger partial charge in [-0.15, -0.1) is 0 Å². The molecule has 26 heavy (non-hydrogen) atoms. The molecule has 0 aliphatic heterocycles. The van der Waals surface area contributed by atoms with Crippen LogP contribution in [0.3, 0.4) is 0 Å².